The number of anilines is 2. The topological polar surface area (TPSA) is 101 Å². The Morgan fingerprint density at radius 2 is 1.67 bits per heavy atom. The van der Waals surface area contributed by atoms with Gasteiger partial charge in [-0.15, -0.1) is 0 Å². The highest BCUT2D eigenvalue weighted by molar-refractivity contribution is 7.92. The molecule has 7 nitrogen and oxygen atoms in total. The average molecular weight is 385 g/mol. The number of aromatic nitrogens is 1. The Balaban J connectivity index is 1.86. The van der Waals surface area contributed by atoms with Crippen molar-refractivity contribution in [2.75, 3.05) is 10.0 Å². The molecule has 0 aliphatic rings. The van der Waals surface area contributed by atoms with E-state index >= 15 is 0 Å². The quantitative estimate of drug-likeness (QED) is 0.698. The highest BCUT2D eigenvalue weighted by atomic mass is 32.2. The number of carbonyl (C=O) groups is 1. The summed E-state index contributed by atoms with van der Waals surface area (Å²) in [5.74, 6) is 0.339. The van der Waals surface area contributed by atoms with E-state index in [0.717, 1.165) is 11.1 Å². The number of carbonyl (C=O) groups excluding carboxylic acids is 1. The second-order valence-electron chi connectivity index (χ2n) is 6.18. The zero-order chi connectivity index (χ0) is 19.6. The summed E-state index contributed by atoms with van der Waals surface area (Å²) >= 11 is 0. The van der Waals surface area contributed by atoms with Crippen LogP contribution in [0.2, 0.25) is 0 Å². The SMILES string of the molecule is Cc1cc(NC(=O)c2cccc(S(=O)(=O)Nc3c(C)cccc3C)c2)no1. The fourth-order valence-electron chi connectivity index (χ4n) is 2.59. The second-order valence-corrected chi connectivity index (χ2v) is 7.86. The fourth-order valence-corrected chi connectivity index (χ4v) is 3.84. The molecule has 1 heterocycles. The number of nitrogens with zero attached hydrogens (tertiary/aromatic N) is 1. The molecule has 0 aliphatic heterocycles. The molecule has 0 spiro atoms. The number of hydrogen-bond donors (Lipinski definition) is 2. The van der Waals surface area contributed by atoms with Crippen LogP contribution in [0, 0.1) is 20.8 Å². The van der Waals surface area contributed by atoms with Gasteiger partial charge in [-0.25, -0.2) is 8.42 Å². The largest absolute Gasteiger partial charge is 0.360 e. The highest BCUT2D eigenvalue weighted by Crippen LogP contribution is 2.24. The zero-order valence-electron chi connectivity index (χ0n) is 15.1. The van der Waals surface area contributed by atoms with Gasteiger partial charge in [-0.3, -0.25) is 9.52 Å². The molecule has 0 saturated heterocycles. The summed E-state index contributed by atoms with van der Waals surface area (Å²) in [6, 6.07) is 12.9. The molecule has 3 aromatic rings. The van der Waals surface area contributed by atoms with E-state index in [1.54, 1.807) is 13.0 Å². The summed E-state index contributed by atoms with van der Waals surface area (Å²) in [5, 5.41) is 6.26. The van der Waals surface area contributed by atoms with Gasteiger partial charge in [0.2, 0.25) is 0 Å². The van der Waals surface area contributed by atoms with Crippen LogP contribution in [-0.2, 0) is 10.0 Å². The van der Waals surface area contributed by atoms with E-state index in [-0.39, 0.29) is 16.3 Å². The minimum absolute atomic E-state index is 0.00543. The molecular formula is C19H19N3O4S. The minimum Gasteiger partial charge on any atom is -0.360 e. The monoisotopic (exact) mass is 385 g/mol. The number of aryl methyl sites for hydroxylation is 3. The maximum absolute atomic E-state index is 12.8. The average Bonchev–Trinajstić information content (AvgIpc) is 3.03. The van der Waals surface area contributed by atoms with E-state index in [2.05, 4.69) is 15.2 Å². The van der Waals surface area contributed by atoms with Crippen LogP contribution in [0.15, 0.2) is 57.9 Å². The van der Waals surface area contributed by atoms with Gasteiger partial charge in [0.15, 0.2) is 5.82 Å². The third kappa shape index (κ3) is 4.17. The molecule has 0 aliphatic carbocycles. The normalized spacial score (nSPS) is 11.2. The van der Waals surface area contributed by atoms with Gasteiger partial charge < -0.3 is 9.84 Å². The molecule has 0 bridgehead atoms. The molecular weight excluding hydrogens is 366 g/mol. The zero-order valence-corrected chi connectivity index (χ0v) is 15.9. The number of amides is 1. The Labute approximate surface area is 157 Å². The van der Waals surface area contributed by atoms with Gasteiger partial charge in [0, 0.05) is 11.6 Å². The number of hydrogen-bond acceptors (Lipinski definition) is 5. The number of benzene rings is 2. The van der Waals surface area contributed by atoms with E-state index in [0.29, 0.717) is 11.4 Å². The first kappa shape index (κ1) is 18.7. The van der Waals surface area contributed by atoms with Crippen LogP contribution in [0.5, 0.6) is 0 Å². The van der Waals surface area contributed by atoms with Crippen LogP contribution in [-0.4, -0.2) is 19.5 Å². The lowest BCUT2D eigenvalue weighted by atomic mass is 10.1. The molecule has 0 radical (unpaired) electrons. The lowest BCUT2D eigenvalue weighted by Gasteiger charge is -2.13. The van der Waals surface area contributed by atoms with Crippen molar-refractivity contribution in [1.29, 1.82) is 0 Å². The lowest BCUT2D eigenvalue weighted by molar-refractivity contribution is 0.102. The predicted molar refractivity (Wildman–Crippen MR) is 102 cm³/mol. The molecule has 140 valence electrons. The summed E-state index contributed by atoms with van der Waals surface area (Å²) in [4.78, 5) is 12.4. The van der Waals surface area contributed by atoms with Crippen LogP contribution < -0.4 is 10.0 Å². The predicted octanol–water partition coefficient (Wildman–Crippen LogP) is 3.65. The maximum Gasteiger partial charge on any atom is 0.261 e. The van der Waals surface area contributed by atoms with Gasteiger partial charge in [-0.1, -0.05) is 29.4 Å². The van der Waals surface area contributed by atoms with E-state index in [4.69, 9.17) is 4.52 Å². The first-order valence-corrected chi connectivity index (χ1v) is 9.68. The van der Waals surface area contributed by atoms with Crippen LogP contribution >= 0.6 is 0 Å². The van der Waals surface area contributed by atoms with Crippen LogP contribution in [0.3, 0.4) is 0 Å². The number of sulfonamides is 1. The Morgan fingerprint density at radius 1 is 1.00 bits per heavy atom. The number of rotatable bonds is 5. The highest BCUT2D eigenvalue weighted by Gasteiger charge is 2.18. The Hall–Kier alpha value is -3.13. The van der Waals surface area contributed by atoms with E-state index in [1.165, 1.54) is 24.3 Å². The summed E-state index contributed by atoms with van der Waals surface area (Å²) in [6.07, 6.45) is 0. The van der Waals surface area contributed by atoms with Gasteiger partial charge in [-0.05, 0) is 50.1 Å². The second kappa shape index (κ2) is 7.24. The van der Waals surface area contributed by atoms with Gasteiger partial charge in [0.25, 0.3) is 15.9 Å². The Bertz CT molecular complexity index is 1080. The molecule has 3 rings (SSSR count). The molecule has 0 saturated carbocycles. The van der Waals surface area contributed by atoms with Crippen molar-refractivity contribution >= 4 is 27.4 Å². The molecule has 1 amide bonds. The van der Waals surface area contributed by atoms with Crippen molar-refractivity contribution in [1.82, 2.24) is 5.16 Å². The Kier molecular flexibility index (Phi) is 5.00. The molecule has 27 heavy (non-hydrogen) atoms. The van der Waals surface area contributed by atoms with Crippen molar-refractivity contribution in [2.24, 2.45) is 0 Å². The summed E-state index contributed by atoms with van der Waals surface area (Å²) in [7, 11) is -3.85. The van der Waals surface area contributed by atoms with Crippen LogP contribution in [0.1, 0.15) is 27.2 Å². The van der Waals surface area contributed by atoms with E-state index < -0.39 is 15.9 Å². The van der Waals surface area contributed by atoms with E-state index in [9.17, 15) is 13.2 Å². The number of para-hydroxylation sites is 1. The van der Waals surface area contributed by atoms with Crippen LogP contribution in [0.25, 0.3) is 0 Å². The third-order valence-corrected chi connectivity index (χ3v) is 5.34. The summed E-state index contributed by atoms with van der Waals surface area (Å²) in [6.45, 7) is 5.36. The van der Waals surface area contributed by atoms with Crippen molar-refractivity contribution in [3.8, 4) is 0 Å². The summed E-state index contributed by atoms with van der Waals surface area (Å²) in [5.41, 5.74) is 2.35. The van der Waals surface area contributed by atoms with Crippen LogP contribution in [0.4, 0.5) is 11.5 Å². The van der Waals surface area contributed by atoms with Crippen molar-refractivity contribution in [3.63, 3.8) is 0 Å². The fraction of sp³-hybridized carbons (Fsp3) is 0.158. The van der Waals surface area contributed by atoms with E-state index in [1.807, 2.05) is 32.0 Å². The number of nitrogens with one attached hydrogen (secondary N) is 2. The minimum atomic E-state index is -3.85. The molecule has 0 unspecified atom stereocenters. The maximum atomic E-state index is 12.8. The van der Waals surface area contributed by atoms with Crippen molar-refractivity contribution < 1.29 is 17.7 Å². The Morgan fingerprint density at radius 3 is 2.30 bits per heavy atom. The first-order valence-electron chi connectivity index (χ1n) is 8.20. The first-order chi connectivity index (χ1) is 12.8. The lowest BCUT2D eigenvalue weighted by Crippen LogP contribution is -2.17. The molecule has 2 N–H and O–H groups in total. The smallest absolute Gasteiger partial charge is 0.261 e. The summed E-state index contributed by atoms with van der Waals surface area (Å²) < 4.78 is 33.0. The third-order valence-electron chi connectivity index (χ3n) is 3.99. The van der Waals surface area contributed by atoms with Crippen molar-refractivity contribution in [2.45, 2.75) is 25.7 Å². The molecule has 2 aromatic carbocycles. The molecule has 8 heteroatoms. The van der Waals surface area contributed by atoms with Gasteiger partial charge >= 0.3 is 0 Å². The molecule has 1 aromatic heterocycles. The van der Waals surface area contributed by atoms with Gasteiger partial charge in [-0.2, -0.15) is 0 Å². The standard InChI is InChI=1S/C19H19N3O4S/c1-12-6-4-7-13(2)18(12)22-27(24,25)16-9-5-8-15(11-16)19(23)20-17-10-14(3)26-21-17/h4-11,22H,1-3H3,(H,20,21,23). The van der Waals surface area contributed by atoms with Gasteiger partial charge in [0.05, 0.1) is 10.6 Å². The van der Waals surface area contributed by atoms with Gasteiger partial charge in [0.1, 0.15) is 5.76 Å². The van der Waals surface area contributed by atoms with Crippen molar-refractivity contribution in [3.05, 3.63) is 71.0 Å². The molecule has 0 fully saturated rings. The molecule has 0 atom stereocenters.